The highest BCUT2D eigenvalue weighted by atomic mass is 16.3. The second-order valence-corrected chi connectivity index (χ2v) is 4.30. The topological polar surface area (TPSA) is 63.3 Å². The Bertz CT molecular complexity index is 166. The van der Waals surface area contributed by atoms with Gasteiger partial charge in [-0.1, -0.05) is 27.7 Å². The second kappa shape index (κ2) is 5.35. The van der Waals surface area contributed by atoms with Crippen LogP contribution in [0.2, 0.25) is 0 Å². The molecule has 0 aliphatic carbocycles. The molecule has 0 fully saturated rings. The van der Waals surface area contributed by atoms with Crippen molar-refractivity contribution in [2.24, 2.45) is 17.6 Å². The van der Waals surface area contributed by atoms with Crippen LogP contribution in [-0.4, -0.2) is 23.0 Å². The van der Waals surface area contributed by atoms with Gasteiger partial charge in [0, 0.05) is 12.0 Å². The first-order valence-corrected chi connectivity index (χ1v) is 4.83. The SMILES string of the molecule is CC(C)C[C@H](N)[C@@H](O)C(=O)C(C)C. The Morgan fingerprint density at radius 1 is 1.31 bits per heavy atom. The van der Waals surface area contributed by atoms with Gasteiger partial charge in [0.15, 0.2) is 5.78 Å². The maximum absolute atomic E-state index is 11.3. The predicted octanol–water partition coefficient (Wildman–Crippen LogP) is 0.946. The van der Waals surface area contributed by atoms with Crippen LogP contribution in [0.15, 0.2) is 0 Å². The third kappa shape index (κ3) is 4.39. The summed E-state index contributed by atoms with van der Waals surface area (Å²) in [5.41, 5.74) is 5.69. The van der Waals surface area contributed by atoms with Gasteiger partial charge in [-0.3, -0.25) is 4.79 Å². The molecule has 0 heterocycles. The maximum Gasteiger partial charge on any atom is 0.165 e. The van der Waals surface area contributed by atoms with E-state index in [-0.39, 0.29) is 11.7 Å². The van der Waals surface area contributed by atoms with Gasteiger partial charge >= 0.3 is 0 Å². The van der Waals surface area contributed by atoms with Crippen LogP contribution >= 0.6 is 0 Å². The minimum absolute atomic E-state index is 0.145. The van der Waals surface area contributed by atoms with Crippen LogP contribution in [0.3, 0.4) is 0 Å². The highest BCUT2D eigenvalue weighted by molar-refractivity contribution is 5.85. The molecule has 2 atom stereocenters. The van der Waals surface area contributed by atoms with Gasteiger partial charge in [0.05, 0.1) is 0 Å². The Balaban J connectivity index is 4.09. The minimum atomic E-state index is -0.998. The van der Waals surface area contributed by atoms with E-state index in [1.807, 2.05) is 13.8 Å². The third-order valence-corrected chi connectivity index (χ3v) is 2.01. The summed E-state index contributed by atoms with van der Waals surface area (Å²) in [6, 6.07) is -0.421. The van der Waals surface area contributed by atoms with Gasteiger partial charge in [0.1, 0.15) is 6.10 Å². The summed E-state index contributed by atoms with van der Waals surface area (Å²) in [5, 5.41) is 9.53. The van der Waals surface area contributed by atoms with E-state index in [1.54, 1.807) is 13.8 Å². The van der Waals surface area contributed by atoms with Crippen molar-refractivity contribution in [3.05, 3.63) is 0 Å². The zero-order valence-electron chi connectivity index (χ0n) is 8.95. The Kier molecular flexibility index (Phi) is 5.18. The van der Waals surface area contributed by atoms with E-state index in [1.165, 1.54) is 0 Å². The zero-order chi connectivity index (χ0) is 10.6. The number of aliphatic hydroxyl groups is 1. The normalized spacial score (nSPS) is 16.3. The maximum atomic E-state index is 11.3. The van der Waals surface area contributed by atoms with Crippen LogP contribution < -0.4 is 5.73 Å². The molecule has 3 nitrogen and oxygen atoms in total. The van der Waals surface area contributed by atoms with E-state index < -0.39 is 12.1 Å². The quantitative estimate of drug-likeness (QED) is 0.673. The van der Waals surface area contributed by atoms with Crippen molar-refractivity contribution in [1.29, 1.82) is 0 Å². The predicted molar refractivity (Wildman–Crippen MR) is 53.3 cm³/mol. The molecule has 0 aliphatic heterocycles. The summed E-state index contributed by atoms with van der Waals surface area (Å²) in [4.78, 5) is 11.3. The summed E-state index contributed by atoms with van der Waals surface area (Å²) >= 11 is 0. The molecule has 0 rings (SSSR count). The van der Waals surface area contributed by atoms with Crippen LogP contribution in [0, 0.1) is 11.8 Å². The lowest BCUT2D eigenvalue weighted by Gasteiger charge is -2.20. The van der Waals surface area contributed by atoms with E-state index in [0.29, 0.717) is 12.3 Å². The molecular weight excluding hydrogens is 166 g/mol. The van der Waals surface area contributed by atoms with E-state index >= 15 is 0 Å². The van der Waals surface area contributed by atoms with Crippen LogP contribution in [-0.2, 0) is 4.79 Å². The van der Waals surface area contributed by atoms with Crippen LogP contribution in [0.5, 0.6) is 0 Å². The molecule has 0 bridgehead atoms. The van der Waals surface area contributed by atoms with Gasteiger partial charge in [-0.05, 0) is 12.3 Å². The fourth-order valence-electron chi connectivity index (χ4n) is 1.23. The molecule has 0 saturated heterocycles. The lowest BCUT2D eigenvalue weighted by atomic mass is 9.93. The number of nitrogens with two attached hydrogens (primary N) is 1. The molecule has 3 heteroatoms. The van der Waals surface area contributed by atoms with Crippen LogP contribution in [0.25, 0.3) is 0 Å². The summed E-state index contributed by atoms with van der Waals surface area (Å²) in [7, 11) is 0. The molecule has 0 spiro atoms. The van der Waals surface area contributed by atoms with Crippen molar-refractivity contribution in [2.75, 3.05) is 0 Å². The molecule has 13 heavy (non-hydrogen) atoms. The number of Topliss-reactive ketones (excluding diaryl/α,β-unsaturated/α-hetero) is 1. The fourth-order valence-corrected chi connectivity index (χ4v) is 1.23. The van der Waals surface area contributed by atoms with Gasteiger partial charge < -0.3 is 10.8 Å². The Morgan fingerprint density at radius 2 is 1.77 bits per heavy atom. The molecule has 0 radical (unpaired) electrons. The first kappa shape index (κ1) is 12.6. The molecule has 0 saturated carbocycles. The average Bonchev–Trinajstić information content (AvgIpc) is 2.00. The Labute approximate surface area is 80.3 Å². The fraction of sp³-hybridized carbons (Fsp3) is 0.900. The average molecular weight is 187 g/mol. The zero-order valence-corrected chi connectivity index (χ0v) is 8.95. The Morgan fingerprint density at radius 3 is 2.08 bits per heavy atom. The number of ketones is 1. The number of carbonyl (C=O) groups excluding carboxylic acids is 1. The van der Waals surface area contributed by atoms with Crippen LogP contribution in [0.1, 0.15) is 34.1 Å². The number of aliphatic hydroxyl groups excluding tert-OH is 1. The van der Waals surface area contributed by atoms with E-state index in [4.69, 9.17) is 5.73 Å². The van der Waals surface area contributed by atoms with E-state index in [9.17, 15) is 9.90 Å². The monoisotopic (exact) mass is 187 g/mol. The lowest BCUT2D eigenvalue weighted by Crippen LogP contribution is -2.43. The van der Waals surface area contributed by atoms with Crippen molar-refractivity contribution in [1.82, 2.24) is 0 Å². The van der Waals surface area contributed by atoms with Crippen molar-refractivity contribution < 1.29 is 9.90 Å². The third-order valence-electron chi connectivity index (χ3n) is 2.01. The van der Waals surface area contributed by atoms with E-state index in [2.05, 4.69) is 0 Å². The van der Waals surface area contributed by atoms with Gasteiger partial charge in [-0.25, -0.2) is 0 Å². The van der Waals surface area contributed by atoms with Gasteiger partial charge in [0.25, 0.3) is 0 Å². The molecule has 0 aromatic rings. The summed E-state index contributed by atoms with van der Waals surface area (Å²) in [6.45, 7) is 7.58. The minimum Gasteiger partial charge on any atom is -0.384 e. The summed E-state index contributed by atoms with van der Waals surface area (Å²) in [6.07, 6.45) is -0.318. The molecule has 78 valence electrons. The summed E-state index contributed by atoms with van der Waals surface area (Å²) < 4.78 is 0. The molecule has 0 aromatic heterocycles. The number of hydrogen-bond acceptors (Lipinski definition) is 3. The smallest absolute Gasteiger partial charge is 0.165 e. The van der Waals surface area contributed by atoms with Crippen molar-refractivity contribution in [2.45, 2.75) is 46.3 Å². The first-order valence-electron chi connectivity index (χ1n) is 4.83. The molecule has 0 amide bonds. The lowest BCUT2D eigenvalue weighted by molar-refractivity contribution is -0.131. The highest BCUT2D eigenvalue weighted by Crippen LogP contribution is 2.09. The van der Waals surface area contributed by atoms with Crippen molar-refractivity contribution in [3.63, 3.8) is 0 Å². The number of carbonyl (C=O) groups is 1. The molecule has 0 aromatic carbocycles. The molecule has 3 N–H and O–H groups in total. The van der Waals surface area contributed by atoms with Crippen molar-refractivity contribution >= 4 is 5.78 Å². The van der Waals surface area contributed by atoms with E-state index in [0.717, 1.165) is 0 Å². The first-order chi connectivity index (χ1) is 5.86. The van der Waals surface area contributed by atoms with Gasteiger partial charge in [-0.15, -0.1) is 0 Å². The Hall–Kier alpha value is -0.410. The highest BCUT2D eigenvalue weighted by Gasteiger charge is 2.25. The van der Waals surface area contributed by atoms with Crippen LogP contribution in [0.4, 0.5) is 0 Å². The number of hydrogen-bond donors (Lipinski definition) is 2. The molecule has 0 aliphatic rings. The van der Waals surface area contributed by atoms with Crippen molar-refractivity contribution in [3.8, 4) is 0 Å². The molecular formula is C10H21NO2. The van der Waals surface area contributed by atoms with Gasteiger partial charge in [0.2, 0.25) is 0 Å². The molecule has 0 unspecified atom stereocenters. The number of rotatable bonds is 5. The standard InChI is InChI=1S/C10H21NO2/c1-6(2)5-8(11)10(13)9(12)7(3)4/h6-8,10,13H,5,11H2,1-4H3/t8-,10+/m0/s1. The van der Waals surface area contributed by atoms with Gasteiger partial charge in [-0.2, -0.15) is 0 Å². The largest absolute Gasteiger partial charge is 0.384 e. The summed E-state index contributed by atoms with van der Waals surface area (Å²) in [5.74, 6) is 0.103. The second-order valence-electron chi connectivity index (χ2n) is 4.30.